The largest absolute Gasteiger partial charge is 0.506 e. The van der Waals surface area contributed by atoms with E-state index in [0.717, 1.165) is 12.1 Å². The number of likely N-dealkylation sites (N-methyl/N-ethyl adjacent to an activating group) is 1. The first kappa shape index (κ1) is 11.6. The molecule has 90 valence electrons. The van der Waals surface area contributed by atoms with E-state index in [1.807, 2.05) is 19.2 Å². The van der Waals surface area contributed by atoms with Gasteiger partial charge in [0.25, 0.3) is 0 Å². The lowest BCUT2D eigenvalue weighted by Gasteiger charge is -2.11. The predicted octanol–water partition coefficient (Wildman–Crippen LogP) is 1.12. The van der Waals surface area contributed by atoms with E-state index >= 15 is 0 Å². The van der Waals surface area contributed by atoms with Crippen molar-refractivity contribution in [3.63, 3.8) is 0 Å². The molecule has 0 saturated carbocycles. The fourth-order valence-electron chi connectivity index (χ4n) is 1.66. The number of phenols is 1. The standard InChI is InChI=1S/C12H16N4O/c1-9(13-2)7-10-8-14-15-16(10)11-5-3-4-6-12(11)17/h3-6,8-9,13,17H,7H2,1-2H3. The normalized spacial score (nSPS) is 12.6. The summed E-state index contributed by atoms with van der Waals surface area (Å²) in [7, 11) is 1.92. The first-order valence-corrected chi connectivity index (χ1v) is 5.57. The summed E-state index contributed by atoms with van der Waals surface area (Å²) in [6.07, 6.45) is 2.53. The van der Waals surface area contributed by atoms with Gasteiger partial charge in [-0.05, 0) is 26.1 Å². The second-order valence-electron chi connectivity index (χ2n) is 4.02. The van der Waals surface area contributed by atoms with E-state index in [9.17, 15) is 5.11 Å². The Kier molecular flexibility index (Phi) is 3.39. The summed E-state index contributed by atoms with van der Waals surface area (Å²) in [5.74, 6) is 0.205. The van der Waals surface area contributed by atoms with Crippen molar-refractivity contribution in [3.05, 3.63) is 36.2 Å². The summed E-state index contributed by atoms with van der Waals surface area (Å²) < 4.78 is 1.67. The molecule has 0 amide bonds. The molecular weight excluding hydrogens is 216 g/mol. The molecule has 1 aromatic carbocycles. The molecule has 1 aromatic heterocycles. The van der Waals surface area contributed by atoms with Crippen LogP contribution in [0.4, 0.5) is 0 Å². The quantitative estimate of drug-likeness (QED) is 0.829. The maximum atomic E-state index is 9.79. The Labute approximate surface area is 100 Å². The van der Waals surface area contributed by atoms with Crippen molar-refractivity contribution in [3.8, 4) is 11.4 Å². The number of rotatable bonds is 4. The van der Waals surface area contributed by atoms with Crippen LogP contribution in [0.15, 0.2) is 30.5 Å². The van der Waals surface area contributed by atoms with Gasteiger partial charge in [-0.15, -0.1) is 5.10 Å². The van der Waals surface area contributed by atoms with Gasteiger partial charge < -0.3 is 10.4 Å². The van der Waals surface area contributed by atoms with Crippen molar-refractivity contribution in [1.29, 1.82) is 0 Å². The van der Waals surface area contributed by atoms with Gasteiger partial charge in [-0.2, -0.15) is 0 Å². The van der Waals surface area contributed by atoms with Crippen LogP contribution in [-0.4, -0.2) is 33.2 Å². The molecule has 2 rings (SSSR count). The van der Waals surface area contributed by atoms with Crippen molar-refractivity contribution in [2.75, 3.05) is 7.05 Å². The molecular formula is C12H16N4O. The average molecular weight is 232 g/mol. The number of hydrogen-bond acceptors (Lipinski definition) is 4. The van der Waals surface area contributed by atoms with Crippen LogP contribution >= 0.6 is 0 Å². The monoisotopic (exact) mass is 232 g/mol. The van der Waals surface area contributed by atoms with Crippen molar-refractivity contribution in [2.24, 2.45) is 0 Å². The van der Waals surface area contributed by atoms with Crippen molar-refractivity contribution in [2.45, 2.75) is 19.4 Å². The number of para-hydroxylation sites is 2. The molecule has 0 aliphatic heterocycles. The van der Waals surface area contributed by atoms with E-state index in [4.69, 9.17) is 0 Å². The van der Waals surface area contributed by atoms with Gasteiger partial charge in [-0.3, -0.25) is 0 Å². The van der Waals surface area contributed by atoms with E-state index < -0.39 is 0 Å². The highest BCUT2D eigenvalue weighted by molar-refractivity contribution is 5.45. The summed E-state index contributed by atoms with van der Waals surface area (Å²) >= 11 is 0. The minimum absolute atomic E-state index is 0.205. The molecule has 0 fully saturated rings. The van der Waals surface area contributed by atoms with Gasteiger partial charge in [0.15, 0.2) is 0 Å². The van der Waals surface area contributed by atoms with E-state index in [-0.39, 0.29) is 5.75 Å². The zero-order valence-corrected chi connectivity index (χ0v) is 9.96. The Hall–Kier alpha value is -1.88. The second-order valence-corrected chi connectivity index (χ2v) is 4.02. The Morgan fingerprint density at radius 3 is 2.88 bits per heavy atom. The van der Waals surface area contributed by atoms with Gasteiger partial charge in [0.2, 0.25) is 0 Å². The molecule has 2 N–H and O–H groups in total. The number of hydrogen-bond donors (Lipinski definition) is 2. The number of nitrogens with one attached hydrogen (secondary N) is 1. The van der Waals surface area contributed by atoms with Crippen LogP contribution in [0.1, 0.15) is 12.6 Å². The fourth-order valence-corrected chi connectivity index (χ4v) is 1.66. The van der Waals surface area contributed by atoms with Crippen LogP contribution < -0.4 is 5.32 Å². The van der Waals surface area contributed by atoms with E-state index in [2.05, 4.69) is 22.6 Å². The third kappa shape index (κ3) is 2.45. The number of aromatic hydroxyl groups is 1. The molecule has 0 radical (unpaired) electrons. The molecule has 2 aromatic rings. The smallest absolute Gasteiger partial charge is 0.141 e. The van der Waals surface area contributed by atoms with Gasteiger partial charge in [-0.1, -0.05) is 17.3 Å². The van der Waals surface area contributed by atoms with Crippen molar-refractivity contribution in [1.82, 2.24) is 20.3 Å². The summed E-state index contributed by atoms with van der Waals surface area (Å²) in [6.45, 7) is 2.09. The average Bonchev–Trinajstić information content (AvgIpc) is 2.77. The molecule has 0 aliphatic carbocycles. The molecule has 5 nitrogen and oxygen atoms in total. The van der Waals surface area contributed by atoms with E-state index in [0.29, 0.717) is 11.7 Å². The Morgan fingerprint density at radius 2 is 2.18 bits per heavy atom. The third-order valence-electron chi connectivity index (χ3n) is 2.74. The number of phenolic OH excluding ortho intramolecular Hbond substituents is 1. The zero-order valence-electron chi connectivity index (χ0n) is 9.96. The molecule has 0 saturated heterocycles. The first-order valence-electron chi connectivity index (χ1n) is 5.57. The van der Waals surface area contributed by atoms with Crippen LogP contribution in [-0.2, 0) is 6.42 Å². The maximum Gasteiger partial charge on any atom is 0.141 e. The van der Waals surface area contributed by atoms with Gasteiger partial charge >= 0.3 is 0 Å². The molecule has 0 spiro atoms. The lowest BCUT2D eigenvalue weighted by atomic mass is 10.2. The first-order chi connectivity index (χ1) is 8.22. The SMILES string of the molecule is CNC(C)Cc1cnnn1-c1ccccc1O. The molecule has 17 heavy (non-hydrogen) atoms. The van der Waals surface area contributed by atoms with Crippen molar-refractivity contribution >= 4 is 0 Å². The minimum atomic E-state index is 0.205. The Bertz CT molecular complexity index is 495. The summed E-state index contributed by atoms with van der Waals surface area (Å²) in [5.41, 5.74) is 1.62. The van der Waals surface area contributed by atoms with Crippen LogP contribution in [0.5, 0.6) is 5.75 Å². The highest BCUT2D eigenvalue weighted by atomic mass is 16.3. The Morgan fingerprint density at radius 1 is 1.41 bits per heavy atom. The number of aromatic nitrogens is 3. The third-order valence-corrected chi connectivity index (χ3v) is 2.74. The van der Waals surface area contributed by atoms with Crippen molar-refractivity contribution < 1.29 is 5.11 Å². The van der Waals surface area contributed by atoms with Gasteiger partial charge in [0, 0.05) is 12.5 Å². The fraction of sp³-hybridized carbons (Fsp3) is 0.333. The molecule has 5 heteroatoms. The van der Waals surface area contributed by atoms with Crippen LogP contribution in [0, 0.1) is 0 Å². The van der Waals surface area contributed by atoms with E-state index in [1.54, 1.807) is 23.0 Å². The van der Waals surface area contributed by atoms with Crippen LogP contribution in [0.2, 0.25) is 0 Å². The Balaban J connectivity index is 2.34. The van der Waals surface area contributed by atoms with Gasteiger partial charge in [0.05, 0.1) is 11.9 Å². The molecule has 1 atom stereocenters. The minimum Gasteiger partial charge on any atom is -0.506 e. The second kappa shape index (κ2) is 4.97. The predicted molar refractivity (Wildman–Crippen MR) is 65.2 cm³/mol. The van der Waals surface area contributed by atoms with Gasteiger partial charge in [0.1, 0.15) is 11.4 Å². The number of nitrogens with zero attached hydrogens (tertiary/aromatic N) is 3. The maximum absolute atomic E-state index is 9.79. The highest BCUT2D eigenvalue weighted by Gasteiger charge is 2.11. The lowest BCUT2D eigenvalue weighted by Crippen LogP contribution is -2.24. The molecule has 0 aliphatic rings. The van der Waals surface area contributed by atoms with Gasteiger partial charge in [-0.25, -0.2) is 4.68 Å². The van der Waals surface area contributed by atoms with Crippen LogP contribution in [0.3, 0.4) is 0 Å². The molecule has 1 heterocycles. The zero-order chi connectivity index (χ0) is 12.3. The van der Waals surface area contributed by atoms with Crippen LogP contribution in [0.25, 0.3) is 5.69 Å². The molecule has 0 bridgehead atoms. The highest BCUT2D eigenvalue weighted by Crippen LogP contribution is 2.21. The molecule has 1 unspecified atom stereocenters. The number of benzene rings is 1. The van der Waals surface area contributed by atoms with E-state index in [1.165, 1.54) is 0 Å². The summed E-state index contributed by atoms with van der Waals surface area (Å²) in [6, 6.07) is 7.44. The summed E-state index contributed by atoms with van der Waals surface area (Å²) in [5, 5.41) is 20.9. The lowest BCUT2D eigenvalue weighted by molar-refractivity contribution is 0.468. The topological polar surface area (TPSA) is 63.0 Å². The summed E-state index contributed by atoms with van der Waals surface area (Å²) in [4.78, 5) is 0.